The molecule has 7 heteroatoms. The van der Waals surface area contributed by atoms with Crippen LogP contribution >= 0.6 is 11.8 Å². The molecule has 0 radical (unpaired) electrons. The highest BCUT2D eigenvalue weighted by molar-refractivity contribution is 8.00. The number of methoxy groups -OCH3 is 1. The van der Waals surface area contributed by atoms with Gasteiger partial charge < -0.3 is 4.74 Å². The van der Waals surface area contributed by atoms with Gasteiger partial charge in [0.25, 0.3) is 0 Å². The summed E-state index contributed by atoms with van der Waals surface area (Å²) in [4.78, 5) is 25.6. The number of carbonyl (C=O) groups excluding carboxylic acids is 1. The SMILES string of the molecule is COC(=O)CC(C)Sc1nc(C)ccc1[N+](=O)[O-]. The molecule has 98 valence electrons. The Morgan fingerprint density at radius 2 is 2.28 bits per heavy atom. The Balaban J connectivity index is 2.85. The van der Waals surface area contributed by atoms with Crippen molar-refractivity contribution in [2.24, 2.45) is 0 Å². The Kier molecular flexibility index (Phi) is 5.08. The van der Waals surface area contributed by atoms with Gasteiger partial charge in [-0.15, -0.1) is 0 Å². The van der Waals surface area contributed by atoms with E-state index in [2.05, 4.69) is 9.72 Å². The molecule has 6 nitrogen and oxygen atoms in total. The van der Waals surface area contributed by atoms with E-state index in [9.17, 15) is 14.9 Å². The first-order valence-electron chi connectivity index (χ1n) is 5.29. The molecule has 18 heavy (non-hydrogen) atoms. The summed E-state index contributed by atoms with van der Waals surface area (Å²) in [5, 5.41) is 11.0. The molecule has 1 aromatic rings. The van der Waals surface area contributed by atoms with Crippen LogP contribution in [0.15, 0.2) is 17.2 Å². The molecule has 0 spiro atoms. The van der Waals surface area contributed by atoms with Gasteiger partial charge in [-0.25, -0.2) is 4.98 Å². The van der Waals surface area contributed by atoms with Gasteiger partial charge in [-0.05, 0) is 13.0 Å². The van der Waals surface area contributed by atoms with Gasteiger partial charge in [-0.3, -0.25) is 14.9 Å². The van der Waals surface area contributed by atoms with Crippen LogP contribution in [0.4, 0.5) is 5.69 Å². The van der Waals surface area contributed by atoms with Crippen molar-refractivity contribution in [2.45, 2.75) is 30.5 Å². The number of pyridine rings is 1. The summed E-state index contributed by atoms with van der Waals surface area (Å²) in [6, 6.07) is 3.02. The minimum absolute atomic E-state index is 0.0395. The zero-order valence-corrected chi connectivity index (χ0v) is 11.2. The van der Waals surface area contributed by atoms with Gasteiger partial charge in [-0.2, -0.15) is 0 Å². The lowest BCUT2D eigenvalue weighted by atomic mass is 10.3. The lowest BCUT2D eigenvalue weighted by Crippen LogP contribution is -2.09. The lowest BCUT2D eigenvalue weighted by molar-refractivity contribution is -0.388. The number of aryl methyl sites for hydroxylation is 1. The van der Waals surface area contributed by atoms with E-state index in [4.69, 9.17) is 0 Å². The van der Waals surface area contributed by atoms with E-state index in [1.807, 2.05) is 0 Å². The molecule has 0 fully saturated rings. The first-order valence-corrected chi connectivity index (χ1v) is 6.17. The van der Waals surface area contributed by atoms with E-state index in [0.717, 1.165) is 0 Å². The van der Waals surface area contributed by atoms with Crippen molar-refractivity contribution in [1.82, 2.24) is 4.98 Å². The number of ether oxygens (including phenoxy) is 1. The summed E-state index contributed by atoms with van der Waals surface area (Å²) in [7, 11) is 1.31. The molecule has 1 atom stereocenters. The number of nitrogens with zero attached hydrogens (tertiary/aromatic N) is 2. The topological polar surface area (TPSA) is 82.3 Å². The van der Waals surface area contributed by atoms with E-state index in [1.54, 1.807) is 19.9 Å². The van der Waals surface area contributed by atoms with Crippen LogP contribution in [-0.2, 0) is 9.53 Å². The van der Waals surface area contributed by atoms with Crippen LogP contribution in [0.2, 0.25) is 0 Å². The molecule has 0 aliphatic carbocycles. The molecule has 0 bridgehead atoms. The number of carbonyl (C=O) groups is 1. The van der Waals surface area contributed by atoms with Gasteiger partial charge in [0.2, 0.25) is 0 Å². The zero-order valence-electron chi connectivity index (χ0n) is 10.4. The summed E-state index contributed by atoms with van der Waals surface area (Å²) < 4.78 is 4.55. The van der Waals surface area contributed by atoms with Gasteiger partial charge in [0.15, 0.2) is 5.03 Å². The summed E-state index contributed by atoms with van der Waals surface area (Å²) in [5.74, 6) is -0.342. The number of nitro groups is 1. The van der Waals surface area contributed by atoms with Crippen LogP contribution in [0.1, 0.15) is 19.0 Å². The van der Waals surface area contributed by atoms with Gasteiger partial charge in [-0.1, -0.05) is 18.7 Å². The molecule has 1 heterocycles. The standard InChI is InChI=1S/C11H14N2O4S/c1-7-4-5-9(13(15)16)11(12-7)18-8(2)6-10(14)17-3/h4-5,8H,6H2,1-3H3. The molecule has 0 aliphatic heterocycles. The van der Waals surface area contributed by atoms with Crippen LogP contribution in [0, 0.1) is 17.0 Å². The molecule has 1 rings (SSSR count). The van der Waals surface area contributed by atoms with Crippen molar-refractivity contribution < 1.29 is 14.5 Å². The Labute approximate surface area is 109 Å². The maximum absolute atomic E-state index is 11.1. The highest BCUT2D eigenvalue weighted by Gasteiger charge is 2.20. The third-order valence-electron chi connectivity index (χ3n) is 2.17. The van der Waals surface area contributed by atoms with Crippen LogP contribution in [0.3, 0.4) is 0 Å². The van der Waals surface area contributed by atoms with E-state index < -0.39 is 4.92 Å². The normalized spacial score (nSPS) is 11.9. The smallest absolute Gasteiger partial charge is 0.306 e. The predicted molar refractivity (Wildman–Crippen MR) is 67.6 cm³/mol. The third kappa shape index (κ3) is 3.99. The number of aromatic nitrogens is 1. The number of rotatable bonds is 5. The Morgan fingerprint density at radius 3 is 2.83 bits per heavy atom. The fourth-order valence-corrected chi connectivity index (χ4v) is 2.36. The van der Waals surface area contributed by atoms with Crippen LogP contribution in [-0.4, -0.2) is 28.2 Å². The molecule has 0 N–H and O–H groups in total. The van der Waals surface area contributed by atoms with Gasteiger partial charge in [0, 0.05) is 17.0 Å². The van der Waals surface area contributed by atoms with Crippen molar-refractivity contribution in [3.8, 4) is 0 Å². The molecule has 1 aromatic heterocycles. The maximum Gasteiger partial charge on any atom is 0.306 e. The minimum Gasteiger partial charge on any atom is -0.469 e. The number of thioether (sulfide) groups is 1. The monoisotopic (exact) mass is 270 g/mol. The zero-order chi connectivity index (χ0) is 13.7. The molecule has 1 unspecified atom stereocenters. The van der Waals surface area contributed by atoms with Crippen molar-refractivity contribution >= 4 is 23.4 Å². The van der Waals surface area contributed by atoms with E-state index in [0.29, 0.717) is 10.7 Å². The van der Waals surface area contributed by atoms with E-state index >= 15 is 0 Å². The molecule has 0 saturated carbocycles. The number of esters is 1. The Hall–Kier alpha value is -1.63. The second-order valence-corrected chi connectivity index (χ2v) is 5.17. The fraction of sp³-hybridized carbons (Fsp3) is 0.455. The highest BCUT2D eigenvalue weighted by atomic mass is 32.2. The largest absolute Gasteiger partial charge is 0.469 e. The fourth-order valence-electron chi connectivity index (χ4n) is 1.30. The second kappa shape index (κ2) is 6.34. The third-order valence-corrected chi connectivity index (χ3v) is 3.26. The van der Waals surface area contributed by atoms with E-state index in [1.165, 1.54) is 24.9 Å². The van der Waals surface area contributed by atoms with Crippen molar-refractivity contribution in [2.75, 3.05) is 7.11 Å². The number of hydrogen-bond donors (Lipinski definition) is 0. The summed E-state index contributed by atoms with van der Waals surface area (Å²) in [6.07, 6.45) is 0.188. The first kappa shape index (κ1) is 14.4. The highest BCUT2D eigenvalue weighted by Crippen LogP contribution is 2.31. The van der Waals surface area contributed by atoms with Gasteiger partial charge in [0.05, 0.1) is 18.5 Å². The predicted octanol–water partition coefficient (Wildman–Crippen LogP) is 2.34. The molecule has 0 aliphatic rings. The second-order valence-electron chi connectivity index (χ2n) is 3.74. The quantitative estimate of drug-likeness (QED) is 0.353. The minimum atomic E-state index is -0.473. The summed E-state index contributed by atoms with van der Waals surface area (Å²) in [5.41, 5.74) is 0.663. The molecule has 0 aromatic carbocycles. The molecule has 0 amide bonds. The summed E-state index contributed by atoms with van der Waals surface area (Å²) >= 11 is 1.20. The van der Waals surface area contributed by atoms with Gasteiger partial charge in [0.1, 0.15) is 0 Å². The van der Waals surface area contributed by atoms with Crippen LogP contribution in [0.25, 0.3) is 0 Å². The Morgan fingerprint density at radius 1 is 1.61 bits per heavy atom. The Bertz CT molecular complexity index is 464. The van der Waals surface area contributed by atoms with Crippen LogP contribution in [0.5, 0.6) is 0 Å². The van der Waals surface area contributed by atoms with Crippen molar-refractivity contribution in [1.29, 1.82) is 0 Å². The summed E-state index contributed by atoms with van der Waals surface area (Å²) in [6.45, 7) is 3.56. The average molecular weight is 270 g/mol. The molecule has 0 saturated heterocycles. The average Bonchev–Trinajstić information content (AvgIpc) is 2.28. The maximum atomic E-state index is 11.1. The lowest BCUT2D eigenvalue weighted by Gasteiger charge is -2.09. The first-order chi connectivity index (χ1) is 8.43. The van der Waals surface area contributed by atoms with Crippen molar-refractivity contribution in [3.05, 3.63) is 27.9 Å². The number of hydrogen-bond acceptors (Lipinski definition) is 6. The van der Waals surface area contributed by atoms with Crippen molar-refractivity contribution in [3.63, 3.8) is 0 Å². The van der Waals surface area contributed by atoms with E-state index in [-0.39, 0.29) is 23.3 Å². The van der Waals surface area contributed by atoms with Gasteiger partial charge >= 0.3 is 11.7 Å². The molecular formula is C11H14N2O4S. The van der Waals surface area contributed by atoms with Crippen LogP contribution < -0.4 is 0 Å². The molecular weight excluding hydrogens is 256 g/mol.